The molecule has 0 rings (SSSR count). The van der Waals surface area contributed by atoms with Crippen molar-refractivity contribution in [2.45, 2.75) is 120 Å². The summed E-state index contributed by atoms with van der Waals surface area (Å²) in [5, 5.41) is 0. The summed E-state index contributed by atoms with van der Waals surface area (Å²) in [5.41, 5.74) is 0. The fourth-order valence-electron chi connectivity index (χ4n) is 7.27. The zero-order chi connectivity index (χ0) is 21.5. The second-order valence-corrected chi connectivity index (χ2v) is 76.1. The van der Waals surface area contributed by atoms with Crippen molar-refractivity contribution in [1.82, 2.24) is 0 Å². The van der Waals surface area contributed by atoms with Crippen LogP contribution in [0.1, 0.15) is 0 Å². The van der Waals surface area contributed by atoms with Gasteiger partial charge in [-0.2, -0.15) is 0 Å². The van der Waals surface area contributed by atoms with Crippen molar-refractivity contribution in [3.63, 3.8) is 0 Å². The molecule has 0 aromatic heterocycles. The fraction of sp³-hybridized carbons (Fsp3) is 1.00. The standard InChI is InChI=1S/5C4H11Si.Ta/c5*1-5(2,3)4;/h5*1H2,2-4H3;. The van der Waals surface area contributed by atoms with Crippen molar-refractivity contribution >= 4 is 40.4 Å². The first kappa shape index (κ1) is 27.8. The third-order valence-corrected chi connectivity index (χ3v) is 113. The van der Waals surface area contributed by atoms with Gasteiger partial charge in [-0.3, -0.25) is 0 Å². The van der Waals surface area contributed by atoms with Gasteiger partial charge in [0.05, 0.1) is 0 Å². The average Bonchev–Trinajstić information content (AvgIpc) is 1.95. The molecule has 0 spiro atoms. The molecule has 0 heterocycles. The van der Waals surface area contributed by atoms with Gasteiger partial charge in [-0.25, -0.2) is 0 Å². The van der Waals surface area contributed by atoms with Gasteiger partial charge in [-0.1, -0.05) is 0 Å². The van der Waals surface area contributed by atoms with Crippen LogP contribution in [0.4, 0.5) is 0 Å². The molecule has 0 N–H and O–H groups in total. The summed E-state index contributed by atoms with van der Waals surface area (Å²) >= 11 is -2.97. The van der Waals surface area contributed by atoms with Crippen molar-refractivity contribution < 1.29 is 15.8 Å². The molecule has 0 saturated heterocycles. The van der Waals surface area contributed by atoms with Crippen LogP contribution in [0.3, 0.4) is 0 Å². The first-order valence-electron chi connectivity index (χ1n) is 10.8. The van der Waals surface area contributed by atoms with Crippen molar-refractivity contribution in [3.05, 3.63) is 0 Å². The van der Waals surface area contributed by atoms with Crippen LogP contribution in [0.5, 0.6) is 0 Å². The molecule has 0 saturated carbocycles. The van der Waals surface area contributed by atoms with Gasteiger partial charge in [0, 0.05) is 0 Å². The molecule has 26 heavy (non-hydrogen) atoms. The van der Waals surface area contributed by atoms with E-state index >= 15 is 0 Å². The SMILES string of the molecule is C[Si](C)(C)[CH2][Ta]([CH2][Si](C)(C)C)([CH2][Si](C)(C)C)([CH2][Si](C)(C)C)[CH2][Si](C)(C)C. The molecule has 6 heteroatoms. The Morgan fingerprint density at radius 1 is 0.308 bits per heavy atom. The summed E-state index contributed by atoms with van der Waals surface area (Å²) in [6.45, 7) is 40.7. The Bertz CT molecular complexity index is 356. The number of hydrogen-bond acceptors (Lipinski definition) is 0. The first-order valence-corrected chi connectivity index (χ1v) is 40.7. The molecule has 0 fully saturated rings. The Labute approximate surface area is 174 Å². The number of hydrogen-bond donors (Lipinski definition) is 0. The molecule has 0 bridgehead atoms. The molecule has 0 unspecified atom stereocenters. The minimum atomic E-state index is -2.97. The quantitative estimate of drug-likeness (QED) is 0.215. The van der Waals surface area contributed by atoms with Crippen LogP contribution in [-0.2, 0) is 15.8 Å². The molecular formula is C20H55Si5Ta. The van der Waals surface area contributed by atoms with Crippen LogP contribution in [-0.4, -0.2) is 40.4 Å². The minimum absolute atomic E-state index is 1.08. The zero-order valence-corrected chi connectivity index (χ0v) is 29.7. The summed E-state index contributed by atoms with van der Waals surface area (Å²) in [6, 6.07) is 0. The van der Waals surface area contributed by atoms with E-state index in [1.54, 1.807) is 21.3 Å². The Balaban J connectivity index is 6.89. The van der Waals surface area contributed by atoms with Crippen LogP contribution in [0, 0.1) is 0 Å². The van der Waals surface area contributed by atoms with E-state index in [-0.39, 0.29) is 0 Å². The van der Waals surface area contributed by atoms with Crippen molar-refractivity contribution in [3.8, 4) is 0 Å². The summed E-state index contributed by atoms with van der Waals surface area (Å²) in [6.07, 6.45) is 0. The van der Waals surface area contributed by atoms with Crippen LogP contribution in [0.2, 0.25) is 120 Å². The molecular weight excluding hydrogens is 562 g/mol. The van der Waals surface area contributed by atoms with Gasteiger partial charge < -0.3 is 0 Å². The second kappa shape index (κ2) is 8.16. The normalized spacial score (nSPS) is 17.1. The van der Waals surface area contributed by atoms with Gasteiger partial charge in [0.25, 0.3) is 0 Å². The third kappa shape index (κ3) is 11.7. The second-order valence-electron chi connectivity index (χ2n) is 15.8. The van der Waals surface area contributed by atoms with Crippen LogP contribution >= 0.6 is 0 Å². The van der Waals surface area contributed by atoms with E-state index in [2.05, 4.69) is 98.2 Å². The first-order chi connectivity index (χ1) is 10.8. The average molecular weight is 617 g/mol. The van der Waals surface area contributed by atoms with E-state index in [4.69, 9.17) is 0 Å². The van der Waals surface area contributed by atoms with Gasteiger partial charge in [0.15, 0.2) is 0 Å². The number of rotatable bonds is 10. The topological polar surface area (TPSA) is 0 Å². The van der Waals surface area contributed by atoms with E-state index in [0.717, 1.165) is 0 Å². The van der Waals surface area contributed by atoms with E-state index in [9.17, 15) is 0 Å². The monoisotopic (exact) mass is 616 g/mol. The zero-order valence-electron chi connectivity index (χ0n) is 21.5. The molecule has 0 nitrogen and oxygen atoms in total. The predicted molar refractivity (Wildman–Crippen MR) is 141 cm³/mol. The molecule has 0 amide bonds. The Hall–Kier alpha value is 1.82. The van der Waals surface area contributed by atoms with E-state index < -0.39 is 56.2 Å². The summed E-state index contributed by atoms with van der Waals surface area (Å²) < 4.78 is 8.97. The summed E-state index contributed by atoms with van der Waals surface area (Å²) in [7, 11) is -5.40. The van der Waals surface area contributed by atoms with E-state index in [1.807, 2.05) is 0 Å². The van der Waals surface area contributed by atoms with Crippen molar-refractivity contribution in [2.24, 2.45) is 0 Å². The van der Waals surface area contributed by atoms with Crippen molar-refractivity contribution in [1.29, 1.82) is 0 Å². The molecule has 0 aromatic carbocycles. The van der Waals surface area contributed by atoms with Gasteiger partial charge in [0.2, 0.25) is 0 Å². The maximum absolute atomic E-state index is 2.97. The van der Waals surface area contributed by atoms with Gasteiger partial charge in [-0.05, 0) is 0 Å². The van der Waals surface area contributed by atoms with Crippen molar-refractivity contribution in [2.75, 3.05) is 0 Å². The Morgan fingerprint density at radius 2 is 0.423 bits per heavy atom. The molecule has 0 aliphatic rings. The van der Waals surface area contributed by atoms with Gasteiger partial charge in [-0.15, -0.1) is 0 Å². The molecule has 0 aliphatic carbocycles. The maximum atomic E-state index is 2.71. The summed E-state index contributed by atoms with van der Waals surface area (Å²) in [5.74, 6) is 0. The fourth-order valence-corrected chi connectivity index (χ4v) is 206. The van der Waals surface area contributed by atoms with Crippen LogP contribution in [0.15, 0.2) is 0 Å². The van der Waals surface area contributed by atoms with Crippen LogP contribution in [0.25, 0.3) is 0 Å². The molecule has 160 valence electrons. The van der Waals surface area contributed by atoms with E-state index in [0.29, 0.717) is 0 Å². The van der Waals surface area contributed by atoms with Gasteiger partial charge in [0.1, 0.15) is 0 Å². The van der Waals surface area contributed by atoms with Crippen LogP contribution < -0.4 is 0 Å². The van der Waals surface area contributed by atoms with Gasteiger partial charge >= 0.3 is 176 Å². The molecule has 0 aliphatic heterocycles. The van der Waals surface area contributed by atoms with E-state index in [1.165, 1.54) is 0 Å². The molecule has 0 aromatic rings. The predicted octanol–water partition coefficient (Wildman–Crippen LogP) is 9.15. The Morgan fingerprint density at radius 3 is 0.500 bits per heavy atom. The third-order valence-electron chi connectivity index (χ3n) is 4.61. The molecule has 0 atom stereocenters. The Kier molecular flexibility index (Phi) is 8.73. The molecule has 0 radical (unpaired) electrons. The summed E-state index contributed by atoms with van der Waals surface area (Å²) in [4.78, 5) is 0.